The first-order valence-electron chi connectivity index (χ1n) is 6.88. The lowest BCUT2D eigenvalue weighted by atomic mass is 10.1. The van der Waals surface area contributed by atoms with Gasteiger partial charge in [-0.2, -0.15) is 0 Å². The Morgan fingerprint density at radius 2 is 1.86 bits per heavy atom. The van der Waals surface area contributed by atoms with Crippen LogP contribution in [0.4, 0.5) is 0 Å². The first-order chi connectivity index (χ1) is 10.2. The minimum absolute atomic E-state index is 0.0757. The standard InChI is InChI=1S/C17H17NO3/c1-18(10-13-5-3-2-4-6-13)11-15(19)14-7-8-16-17(9-14)21-12-20-16/h2-9H,10-12H2,1H3. The van der Waals surface area contributed by atoms with Crippen LogP contribution in [0.25, 0.3) is 0 Å². The number of likely N-dealkylation sites (N-methyl/N-ethyl adjacent to an activating group) is 1. The van der Waals surface area contributed by atoms with Crippen molar-refractivity contribution < 1.29 is 14.3 Å². The highest BCUT2D eigenvalue weighted by Crippen LogP contribution is 2.32. The van der Waals surface area contributed by atoms with Crippen molar-refractivity contribution in [2.75, 3.05) is 20.4 Å². The van der Waals surface area contributed by atoms with Gasteiger partial charge in [0.05, 0.1) is 6.54 Å². The number of carbonyl (C=O) groups excluding carboxylic acids is 1. The monoisotopic (exact) mass is 283 g/mol. The van der Waals surface area contributed by atoms with Crippen molar-refractivity contribution >= 4 is 5.78 Å². The fourth-order valence-corrected chi connectivity index (χ4v) is 2.36. The Balaban J connectivity index is 1.63. The van der Waals surface area contributed by atoms with Crippen molar-refractivity contribution in [3.63, 3.8) is 0 Å². The lowest BCUT2D eigenvalue weighted by Crippen LogP contribution is -2.25. The van der Waals surface area contributed by atoms with Gasteiger partial charge in [0.2, 0.25) is 6.79 Å². The molecule has 2 aromatic carbocycles. The quantitative estimate of drug-likeness (QED) is 0.791. The Hall–Kier alpha value is -2.33. The zero-order valence-corrected chi connectivity index (χ0v) is 11.9. The summed E-state index contributed by atoms with van der Waals surface area (Å²) in [7, 11) is 1.94. The van der Waals surface area contributed by atoms with Crippen LogP contribution in [-0.4, -0.2) is 31.1 Å². The zero-order chi connectivity index (χ0) is 14.7. The summed E-state index contributed by atoms with van der Waals surface area (Å²) >= 11 is 0. The maximum absolute atomic E-state index is 12.3. The van der Waals surface area contributed by atoms with E-state index in [2.05, 4.69) is 12.1 Å². The molecule has 0 aliphatic carbocycles. The number of carbonyl (C=O) groups is 1. The van der Waals surface area contributed by atoms with Crippen LogP contribution in [0.1, 0.15) is 15.9 Å². The van der Waals surface area contributed by atoms with Gasteiger partial charge in [0, 0.05) is 12.1 Å². The highest BCUT2D eigenvalue weighted by molar-refractivity contribution is 5.98. The number of benzene rings is 2. The van der Waals surface area contributed by atoms with Gasteiger partial charge in [-0.05, 0) is 30.8 Å². The fourth-order valence-electron chi connectivity index (χ4n) is 2.36. The van der Waals surface area contributed by atoms with Crippen LogP contribution in [0.3, 0.4) is 0 Å². The third kappa shape index (κ3) is 3.23. The molecule has 2 aromatic rings. The van der Waals surface area contributed by atoms with Gasteiger partial charge in [0.1, 0.15) is 0 Å². The molecule has 0 radical (unpaired) electrons. The van der Waals surface area contributed by atoms with Crippen LogP contribution < -0.4 is 9.47 Å². The lowest BCUT2D eigenvalue weighted by Gasteiger charge is -2.15. The Morgan fingerprint density at radius 1 is 1.10 bits per heavy atom. The first-order valence-corrected chi connectivity index (χ1v) is 6.88. The smallest absolute Gasteiger partial charge is 0.231 e. The van der Waals surface area contributed by atoms with Gasteiger partial charge >= 0.3 is 0 Å². The van der Waals surface area contributed by atoms with Crippen LogP contribution in [0, 0.1) is 0 Å². The summed E-state index contributed by atoms with van der Waals surface area (Å²) in [6, 6.07) is 15.4. The molecule has 4 nitrogen and oxygen atoms in total. The number of hydrogen-bond donors (Lipinski definition) is 0. The molecule has 1 heterocycles. The average molecular weight is 283 g/mol. The van der Waals surface area contributed by atoms with E-state index in [0.29, 0.717) is 23.6 Å². The van der Waals surface area contributed by atoms with Gasteiger partial charge in [0.15, 0.2) is 17.3 Å². The van der Waals surface area contributed by atoms with Gasteiger partial charge in [0.25, 0.3) is 0 Å². The molecule has 4 heteroatoms. The van der Waals surface area contributed by atoms with E-state index in [-0.39, 0.29) is 12.6 Å². The maximum Gasteiger partial charge on any atom is 0.231 e. The van der Waals surface area contributed by atoms with Gasteiger partial charge in [-0.25, -0.2) is 0 Å². The van der Waals surface area contributed by atoms with Crippen molar-refractivity contribution in [2.45, 2.75) is 6.54 Å². The number of Topliss-reactive ketones (excluding diaryl/α,β-unsaturated/α-hetero) is 1. The summed E-state index contributed by atoms with van der Waals surface area (Å²) in [6.45, 7) is 1.34. The Morgan fingerprint density at radius 3 is 2.67 bits per heavy atom. The summed E-state index contributed by atoms with van der Waals surface area (Å²) in [5.74, 6) is 1.42. The number of hydrogen-bond acceptors (Lipinski definition) is 4. The van der Waals surface area contributed by atoms with Crippen LogP contribution in [-0.2, 0) is 6.54 Å². The van der Waals surface area contributed by atoms with Crippen molar-refractivity contribution in [1.29, 1.82) is 0 Å². The molecule has 0 atom stereocenters. The zero-order valence-electron chi connectivity index (χ0n) is 11.9. The molecule has 3 rings (SSSR count). The summed E-state index contributed by atoms with van der Waals surface area (Å²) in [4.78, 5) is 14.3. The Labute approximate surface area is 123 Å². The Kier molecular flexibility index (Phi) is 3.88. The Bertz CT molecular complexity index is 640. The third-order valence-corrected chi connectivity index (χ3v) is 3.40. The lowest BCUT2D eigenvalue weighted by molar-refractivity contribution is 0.0942. The van der Waals surface area contributed by atoms with E-state index < -0.39 is 0 Å². The molecular weight excluding hydrogens is 266 g/mol. The molecule has 21 heavy (non-hydrogen) atoms. The fraction of sp³-hybridized carbons (Fsp3) is 0.235. The van der Waals surface area contributed by atoms with Crippen molar-refractivity contribution in [3.8, 4) is 11.5 Å². The second-order valence-corrected chi connectivity index (χ2v) is 5.15. The minimum Gasteiger partial charge on any atom is -0.454 e. The topological polar surface area (TPSA) is 38.8 Å². The van der Waals surface area contributed by atoms with E-state index >= 15 is 0 Å². The SMILES string of the molecule is CN(CC(=O)c1ccc2c(c1)OCO2)Cc1ccccc1. The summed E-state index contributed by atoms with van der Waals surface area (Å²) in [5.41, 5.74) is 1.85. The molecule has 0 amide bonds. The number of ether oxygens (including phenoxy) is 2. The molecular formula is C17H17NO3. The van der Waals surface area contributed by atoms with Crippen molar-refractivity contribution in [2.24, 2.45) is 0 Å². The molecule has 0 bridgehead atoms. The summed E-state index contributed by atoms with van der Waals surface area (Å²) < 4.78 is 10.6. The van der Waals surface area contributed by atoms with Crippen LogP contribution in [0.5, 0.6) is 11.5 Å². The molecule has 0 unspecified atom stereocenters. The van der Waals surface area contributed by atoms with Crippen molar-refractivity contribution in [1.82, 2.24) is 4.90 Å². The normalized spacial score (nSPS) is 12.7. The van der Waals surface area contributed by atoms with Crippen LogP contribution in [0.15, 0.2) is 48.5 Å². The molecule has 0 fully saturated rings. The van der Waals surface area contributed by atoms with E-state index in [9.17, 15) is 4.79 Å². The largest absolute Gasteiger partial charge is 0.454 e. The molecule has 0 saturated carbocycles. The average Bonchev–Trinajstić information content (AvgIpc) is 2.95. The molecule has 1 aliphatic rings. The number of ketones is 1. The molecule has 0 aromatic heterocycles. The van der Waals surface area contributed by atoms with E-state index in [1.54, 1.807) is 18.2 Å². The molecule has 108 valence electrons. The molecule has 0 N–H and O–H groups in total. The molecule has 0 spiro atoms. The number of fused-ring (bicyclic) bond motifs is 1. The van der Waals surface area contributed by atoms with Gasteiger partial charge in [-0.15, -0.1) is 0 Å². The van der Waals surface area contributed by atoms with Gasteiger partial charge < -0.3 is 9.47 Å². The van der Waals surface area contributed by atoms with Crippen LogP contribution >= 0.6 is 0 Å². The van der Waals surface area contributed by atoms with Crippen molar-refractivity contribution in [3.05, 3.63) is 59.7 Å². The van der Waals surface area contributed by atoms with Gasteiger partial charge in [-0.1, -0.05) is 30.3 Å². The predicted octanol–water partition coefficient (Wildman–Crippen LogP) is 2.73. The summed E-state index contributed by atoms with van der Waals surface area (Å²) in [6.07, 6.45) is 0. The first kappa shape index (κ1) is 13.6. The predicted molar refractivity (Wildman–Crippen MR) is 79.7 cm³/mol. The third-order valence-electron chi connectivity index (χ3n) is 3.40. The summed E-state index contributed by atoms with van der Waals surface area (Å²) in [5, 5.41) is 0. The highest BCUT2D eigenvalue weighted by atomic mass is 16.7. The van der Waals surface area contributed by atoms with E-state index in [0.717, 1.165) is 6.54 Å². The molecule has 1 aliphatic heterocycles. The van der Waals surface area contributed by atoms with Crippen LogP contribution in [0.2, 0.25) is 0 Å². The van der Waals surface area contributed by atoms with E-state index in [4.69, 9.17) is 9.47 Å². The maximum atomic E-state index is 12.3. The van der Waals surface area contributed by atoms with E-state index in [1.807, 2.05) is 30.1 Å². The van der Waals surface area contributed by atoms with E-state index in [1.165, 1.54) is 5.56 Å². The second kappa shape index (κ2) is 5.97. The molecule has 0 saturated heterocycles. The highest BCUT2D eigenvalue weighted by Gasteiger charge is 2.17. The van der Waals surface area contributed by atoms with Gasteiger partial charge in [-0.3, -0.25) is 9.69 Å². The number of nitrogens with zero attached hydrogens (tertiary/aromatic N) is 1. The second-order valence-electron chi connectivity index (χ2n) is 5.15. The minimum atomic E-state index is 0.0757. The number of rotatable bonds is 5.